The highest BCUT2D eigenvalue weighted by atomic mass is 16.4. The van der Waals surface area contributed by atoms with Gasteiger partial charge in [0, 0.05) is 32.4 Å². The Bertz CT molecular complexity index is 490. The number of aryl methyl sites for hydroxylation is 1. The first kappa shape index (κ1) is 14.3. The van der Waals surface area contributed by atoms with Gasteiger partial charge in [-0.1, -0.05) is 5.16 Å². The average Bonchev–Trinajstić information content (AvgIpc) is 2.87. The normalized spacial score (nSPS) is 18.1. The predicted molar refractivity (Wildman–Crippen MR) is 73.5 cm³/mol. The number of hydrogen-bond donors (Lipinski definition) is 3. The van der Waals surface area contributed by atoms with Gasteiger partial charge in [-0.25, -0.2) is 0 Å². The number of likely N-dealkylation sites (tertiary alicyclic amines) is 1. The topological polar surface area (TPSA) is 109 Å². The number of amidine groups is 1. The Kier molecular flexibility index (Phi) is 4.57. The molecule has 1 aliphatic rings. The highest BCUT2D eigenvalue weighted by Gasteiger charge is 2.22. The molecule has 1 aromatic rings. The minimum Gasteiger partial charge on any atom is -0.409 e. The molecule has 0 atom stereocenters. The van der Waals surface area contributed by atoms with Crippen LogP contribution in [0.3, 0.4) is 0 Å². The molecule has 8 nitrogen and oxygen atoms in total. The van der Waals surface area contributed by atoms with Crippen LogP contribution in [0.4, 0.5) is 0 Å². The highest BCUT2D eigenvalue weighted by molar-refractivity contribution is 5.92. The average molecular weight is 280 g/mol. The van der Waals surface area contributed by atoms with E-state index in [1.165, 1.54) is 0 Å². The molecule has 2 rings (SSSR count). The summed E-state index contributed by atoms with van der Waals surface area (Å²) in [7, 11) is 1.74. The van der Waals surface area contributed by atoms with Crippen molar-refractivity contribution in [2.24, 2.45) is 17.9 Å². The zero-order chi connectivity index (χ0) is 14.5. The number of oxime groups is 1. The standard InChI is InChI=1S/C12H20N6O2/c1-17-10(2-5-14-17)12(19)15-9-3-6-18(7-4-9)8-11(13)16-20/h2,5,9,20H,3-4,6-8H2,1H3,(H2,13,16)(H,15,19). The number of nitrogens with one attached hydrogen (secondary N) is 1. The van der Waals surface area contributed by atoms with Crippen molar-refractivity contribution in [3.63, 3.8) is 0 Å². The SMILES string of the molecule is Cn1nccc1C(=O)NC1CCN(CC(N)=NO)CC1. The molecule has 1 fully saturated rings. The summed E-state index contributed by atoms with van der Waals surface area (Å²) in [6.07, 6.45) is 3.30. The lowest BCUT2D eigenvalue weighted by atomic mass is 10.0. The third kappa shape index (κ3) is 3.47. The highest BCUT2D eigenvalue weighted by Crippen LogP contribution is 2.10. The fraction of sp³-hybridized carbons (Fsp3) is 0.583. The van der Waals surface area contributed by atoms with Crippen LogP contribution in [-0.4, -0.2) is 57.3 Å². The minimum atomic E-state index is -0.0973. The van der Waals surface area contributed by atoms with E-state index in [0.29, 0.717) is 12.2 Å². The molecular weight excluding hydrogens is 260 g/mol. The summed E-state index contributed by atoms with van der Waals surface area (Å²) >= 11 is 0. The van der Waals surface area contributed by atoms with Gasteiger partial charge in [0.05, 0.1) is 6.54 Å². The first-order valence-corrected chi connectivity index (χ1v) is 6.57. The zero-order valence-corrected chi connectivity index (χ0v) is 11.5. The van der Waals surface area contributed by atoms with Crippen molar-refractivity contribution in [2.75, 3.05) is 19.6 Å². The lowest BCUT2D eigenvalue weighted by Gasteiger charge is -2.31. The molecule has 1 aromatic heterocycles. The molecule has 0 spiro atoms. The number of amides is 1. The van der Waals surface area contributed by atoms with Crippen LogP contribution in [0.15, 0.2) is 17.4 Å². The maximum absolute atomic E-state index is 12.0. The molecule has 0 unspecified atom stereocenters. The number of nitrogens with two attached hydrogens (primary N) is 1. The number of hydrogen-bond acceptors (Lipinski definition) is 5. The van der Waals surface area contributed by atoms with E-state index in [9.17, 15) is 4.79 Å². The van der Waals surface area contributed by atoms with E-state index in [2.05, 4.69) is 20.5 Å². The molecule has 0 bridgehead atoms. The van der Waals surface area contributed by atoms with Gasteiger partial charge in [0.1, 0.15) is 5.69 Å². The van der Waals surface area contributed by atoms with Crippen LogP contribution >= 0.6 is 0 Å². The Hall–Kier alpha value is -2.09. The number of piperidine rings is 1. The molecule has 4 N–H and O–H groups in total. The van der Waals surface area contributed by atoms with Gasteiger partial charge in [0.25, 0.3) is 5.91 Å². The van der Waals surface area contributed by atoms with Crippen LogP contribution in [0.1, 0.15) is 23.3 Å². The molecule has 2 heterocycles. The monoisotopic (exact) mass is 280 g/mol. The molecule has 0 aromatic carbocycles. The molecule has 8 heteroatoms. The van der Waals surface area contributed by atoms with Crippen molar-refractivity contribution >= 4 is 11.7 Å². The Morgan fingerprint density at radius 3 is 2.85 bits per heavy atom. The second-order valence-corrected chi connectivity index (χ2v) is 4.96. The zero-order valence-electron chi connectivity index (χ0n) is 11.5. The quantitative estimate of drug-likeness (QED) is 0.294. The van der Waals surface area contributed by atoms with Crippen LogP contribution in [0, 0.1) is 0 Å². The fourth-order valence-electron chi connectivity index (χ4n) is 2.35. The summed E-state index contributed by atoms with van der Waals surface area (Å²) in [6.45, 7) is 2.08. The Morgan fingerprint density at radius 2 is 2.30 bits per heavy atom. The summed E-state index contributed by atoms with van der Waals surface area (Å²) in [6, 6.07) is 1.85. The van der Waals surface area contributed by atoms with Crippen molar-refractivity contribution in [1.82, 2.24) is 20.0 Å². The third-order valence-corrected chi connectivity index (χ3v) is 3.49. The van der Waals surface area contributed by atoms with Crippen molar-refractivity contribution in [3.8, 4) is 0 Å². The van der Waals surface area contributed by atoms with E-state index in [0.717, 1.165) is 25.9 Å². The molecule has 0 saturated carbocycles. The van der Waals surface area contributed by atoms with Gasteiger partial charge in [0.2, 0.25) is 0 Å². The smallest absolute Gasteiger partial charge is 0.269 e. The van der Waals surface area contributed by atoms with E-state index in [1.807, 2.05) is 0 Å². The number of carbonyl (C=O) groups is 1. The van der Waals surface area contributed by atoms with Crippen LogP contribution in [0.5, 0.6) is 0 Å². The van der Waals surface area contributed by atoms with Crippen LogP contribution in [0.25, 0.3) is 0 Å². The van der Waals surface area contributed by atoms with E-state index in [4.69, 9.17) is 10.9 Å². The Morgan fingerprint density at radius 1 is 1.60 bits per heavy atom. The largest absolute Gasteiger partial charge is 0.409 e. The lowest BCUT2D eigenvalue weighted by molar-refractivity contribution is 0.0905. The van der Waals surface area contributed by atoms with E-state index in [-0.39, 0.29) is 17.8 Å². The summed E-state index contributed by atoms with van der Waals surface area (Å²) in [5, 5.41) is 18.5. The predicted octanol–water partition coefficient (Wildman–Crippen LogP) is -0.639. The van der Waals surface area contributed by atoms with E-state index in [1.54, 1.807) is 24.0 Å². The molecule has 1 aliphatic heterocycles. The molecule has 1 amide bonds. The van der Waals surface area contributed by atoms with E-state index < -0.39 is 0 Å². The maximum atomic E-state index is 12.0. The molecule has 0 aliphatic carbocycles. The summed E-state index contributed by atoms with van der Waals surface area (Å²) < 4.78 is 1.56. The lowest BCUT2D eigenvalue weighted by Crippen LogP contribution is -2.47. The first-order valence-electron chi connectivity index (χ1n) is 6.57. The van der Waals surface area contributed by atoms with Crippen LogP contribution in [-0.2, 0) is 7.05 Å². The van der Waals surface area contributed by atoms with Crippen molar-refractivity contribution in [2.45, 2.75) is 18.9 Å². The number of carbonyl (C=O) groups excluding carboxylic acids is 1. The van der Waals surface area contributed by atoms with Gasteiger partial charge >= 0.3 is 0 Å². The van der Waals surface area contributed by atoms with Gasteiger partial charge in [-0.2, -0.15) is 5.10 Å². The van der Waals surface area contributed by atoms with Gasteiger partial charge in [-0.3, -0.25) is 14.4 Å². The van der Waals surface area contributed by atoms with Gasteiger partial charge in [-0.05, 0) is 18.9 Å². The van der Waals surface area contributed by atoms with Crippen LogP contribution < -0.4 is 11.1 Å². The second kappa shape index (κ2) is 6.38. The second-order valence-electron chi connectivity index (χ2n) is 4.96. The minimum absolute atomic E-state index is 0.0973. The van der Waals surface area contributed by atoms with Crippen molar-refractivity contribution < 1.29 is 10.0 Å². The fourth-order valence-corrected chi connectivity index (χ4v) is 2.35. The summed E-state index contributed by atoms with van der Waals surface area (Å²) in [4.78, 5) is 14.1. The first-order chi connectivity index (χ1) is 9.60. The van der Waals surface area contributed by atoms with E-state index >= 15 is 0 Å². The number of aromatic nitrogens is 2. The third-order valence-electron chi connectivity index (χ3n) is 3.49. The molecule has 0 radical (unpaired) electrons. The van der Waals surface area contributed by atoms with Crippen molar-refractivity contribution in [1.29, 1.82) is 0 Å². The molecule has 110 valence electrons. The van der Waals surface area contributed by atoms with Crippen LogP contribution in [0.2, 0.25) is 0 Å². The number of nitrogens with zero attached hydrogens (tertiary/aromatic N) is 4. The van der Waals surface area contributed by atoms with Gasteiger partial charge in [0.15, 0.2) is 5.84 Å². The summed E-state index contributed by atoms with van der Waals surface area (Å²) in [5.74, 6) is 0.113. The van der Waals surface area contributed by atoms with Gasteiger partial charge in [-0.15, -0.1) is 0 Å². The summed E-state index contributed by atoms with van der Waals surface area (Å²) in [5.41, 5.74) is 6.04. The molecule has 20 heavy (non-hydrogen) atoms. The molecule has 1 saturated heterocycles. The van der Waals surface area contributed by atoms with Crippen molar-refractivity contribution in [3.05, 3.63) is 18.0 Å². The Balaban J connectivity index is 1.80. The van der Waals surface area contributed by atoms with Gasteiger partial charge < -0.3 is 16.3 Å². The Labute approximate surface area is 117 Å². The molecular formula is C12H20N6O2. The maximum Gasteiger partial charge on any atom is 0.269 e. The number of rotatable bonds is 4.